The smallest absolute Gasteiger partial charge is 0.135 e. The van der Waals surface area contributed by atoms with Gasteiger partial charge in [0.25, 0.3) is 0 Å². The third kappa shape index (κ3) is 22.4. The first-order valence-electron chi connectivity index (χ1n) is 27.2. The third-order valence-electron chi connectivity index (χ3n) is 13.2. The first-order valence-corrected chi connectivity index (χ1v) is 27.2. The average molecular weight is 996 g/mol. The lowest BCUT2D eigenvalue weighted by Crippen LogP contribution is -2.35. The van der Waals surface area contributed by atoms with E-state index in [2.05, 4.69) is 187 Å². The van der Waals surface area contributed by atoms with Crippen molar-refractivity contribution in [2.24, 2.45) is 5.92 Å². The second-order valence-electron chi connectivity index (χ2n) is 21.7. The predicted molar refractivity (Wildman–Crippen MR) is 304 cm³/mol. The largest absolute Gasteiger partial charge is 0.379 e. The first kappa shape index (κ1) is 60.3. The van der Waals surface area contributed by atoms with Crippen molar-refractivity contribution in [3.8, 4) is 5.69 Å². The molecule has 0 saturated carbocycles. The van der Waals surface area contributed by atoms with Gasteiger partial charge in [-0.25, -0.2) is 4.68 Å². The van der Waals surface area contributed by atoms with Gasteiger partial charge < -0.3 is 9.47 Å². The van der Waals surface area contributed by atoms with Gasteiger partial charge in [0.15, 0.2) is 0 Å². The van der Waals surface area contributed by atoms with Crippen molar-refractivity contribution >= 4 is 5.78 Å². The number of benzene rings is 3. The van der Waals surface area contributed by atoms with Crippen molar-refractivity contribution in [3.63, 3.8) is 0 Å². The number of morpholine rings is 2. The van der Waals surface area contributed by atoms with Crippen LogP contribution in [0.25, 0.3) is 5.69 Å². The van der Waals surface area contributed by atoms with Crippen LogP contribution in [0.2, 0.25) is 0 Å². The number of hydrogen-bond acceptors (Lipinski definition) is 8. The maximum absolute atomic E-state index is 10.8. The topological polar surface area (TPSA) is 90.5 Å². The Bertz CT molecular complexity index is 2410. The van der Waals surface area contributed by atoms with E-state index in [1.165, 1.54) is 51.1 Å². The fourth-order valence-electron chi connectivity index (χ4n) is 8.24. The Morgan fingerprint density at radius 2 is 1.12 bits per heavy atom. The van der Waals surface area contributed by atoms with E-state index in [4.69, 9.17) is 9.47 Å². The Hall–Kier alpha value is -5.26. The summed E-state index contributed by atoms with van der Waals surface area (Å²) in [6.07, 6.45) is 9.60. The number of para-hydroxylation sites is 1. The first-order chi connectivity index (χ1) is 34.9. The number of carbonyl (C=O) groups is 1. The molecule has 2 saturated heterocycles. The van der Waals surface area contributed by atoms with E-state index in [9.17, 15) is 4.79 Å². The van der Waals surface area contributed by atoms with Gasteiger partial charge in [0.1, 0.15) is 5.78 Å². The van der Waals surface area contributed by atoms with Crippen LogP contribution in [0.3, 0.4) is 0 Å². The van der Waals surface area contributed by atoms with Crippen molar-refractivity contribution in [1.82, 2.24) is 34.3 Å². The van der Waals surface area contributed by atoms with Crippen molar-refractivity contribution in [2.75, 3.05) is 52.6 Å². The number of carbonyl (C=O) groups excluding carboxylic acids is 1. The maximum atomic E-state index is 10.8. The van der Waals surface area contributed by atoms with Gasteiger partial charge >= 0.3 is 0 Å². The normalized spacial score (nSPS) is 14.0. The predicted octanol–water partition coefficient (Wildman–Crippen LogP) is 14.0. The second kappa shape index (κ2) is 32.1. The number of hydrogen-bond donors (Lipinski definition) is 0. The molecule has 0 atom stereocenters. The lowest BCUT2D eigenvalue weighted by atomic mass is 10.0. The molecule has 0 amide bonds. The van der Waals surface area contributed by atoms with Crippen molar-refractivity contribution in [1.29, 1.82) is 0 Å². The number of ketones is 1. The number of aryl methyl sites for hydroxylation is 1. The maximum Gasteiger partial charge on any atom is 0.135 e. The Balaban J connectivity index is 0.000000198. The molecule has 10 nitrogen and oxygen atoms in total. The van der Waals surface area contributed by atoms with Crippen LogP contribution in [0.1, 0.15) is 176 Å². The Kier molecular flexibility index (Phi) is 26.5. The van der Waals surface area contributed by atoms with E-state index >= 15 is 0 Å². The molecule has 73 heavy (non-hydrogen) atoms. The van der Waals surface area contributed by atoms with E-state index < -0.39 is 0 Å². The quantitative estimate of drug-likeness (QED) is 0.100. The molecule has 0 aliphatic carbocycles. The molecule has 0 N–H and O–H groups in total. The van der Waals surface area contributed by atoms with Gasteiger partial charge in [-0.15, -0.1) is 0 Å². The number of rotatable bonds is 15. The molecule has 3 aromatic heterocycles. The zero-order valence-electron chi connectivity index (χ0n) is 47.5. The fraction of sp³-hybridized carbons (Fsp3) is 0.524. The Labute approximate surface area is 441 Å². The van der Waals surface area contributed by atoms with Crippen molar-refractivity contribution < 1.29 is 14.3 Å². The van der Waals surface area contributed by atoms with Crippen LogP contribution in [0.15, 0.2) is 116 Å². The number of nitrogens with zero attached hydrogens (tertiary/aromatic N) is 7. The molecule has 8 rings (SSSR count). The summed E-state index contributed by atoms with van der Waals surface area (Å²) in [6.45, 7) is 41.1. The molecule has 0 radical (unpaired) electrons. The minimum atomic E-state index is 0.157. The number of pyridine rings is 1. The van der Waals surface area contributed by atoms with Gasteiger partial charge in [-0.1, -0.05) is 156 Å². The van der Waals surface area contributed by atoms with Gasteiger partial charge in [-0.3, -0.25) is 24.3 Å². The van der Waals surface area contributed by atoms with Gasteiger partial charge in [-0.05, 0) is 113 Å². The van der Waals surface area contributed by atoms with E-state index in [1.807, 2.05) is 53.6 Å². The highest BCUT2D eigenvalue weighted by atomic mass is 16.5. The molecule has 6 aromatic rings. The molecule has 2 aliphatic rings. The molecule has 2 aliphatic heterocycles. The molecule has 5 heterocycles. The molecule has 398 valence electrons. The van der Waals surface area contributed by atoms with E-state index in [0.29, 0.717) is 36.0 Å². The molecule has 3 aromatic carbocycles. The standard InChI is InChI=1S/2C14H21NO.C13H16N2.C11H20N2.C11H15NO/c1-12(2)14-5-3-13(4-6-14)11-15-7-9-16-10-8-15;1-12(2)14-5-3-4-13(10-14)11-15-6-8-16-9-7-15;1-10(2)13-9-14-15(11(13)3)12-7-5-4-6-8-12;1-9(2)5-6-13-8-11(7-12-13)10(3)4;1-8(2)10-4-5-11(12-7-10)6-9(3)13/h3-6,12H,7-11H2,1-2H3;3-5,10,12H,6-9,11H2,1-2H3;4-10H,1-3H3;7-10H,5-6H2,1-4H3;4-5,7-8H,6H2,1-3H3. The fourth-order valence-corrected chi connectivity index (χ4v) is 8.24. The zero-order valence-corrected chi connectivity index (χ0v) is 47.5. The van der Waals surface area contributed by atoms with E-state index in [1.54, 1.807) is 6.92 Å². The van der Waals surface area contributed by atoms with Crippen molar-refractivity contribution in [2.45, 2.75) is 159 Å². The van der Waals surface area contributed by atoms with E-state index in [0.717, 1.165) is 89.5 Å². The molecule has 0 bridgehead atoms. The summed E-state index contributed by atoms with van der Waals surface area (Å²) in [7, 11) is 0. The Morgan fingerprint density at radius 3 is 1.60 bits per heavy atom. The lowest BCUT2D eigenvalue weighted by molar-refractivity contribution is -0.116. The summed E-state index contributed by atoms with van der Waals surface area (Å²) in [6, 6.07) is 32.2. The molecule has 0 spiro atoms. The van der Waals surface area contributed by atoms with Crippen LogP contribution in [0, 0.1) is 12.8 Å². The Morgan fingerprint density at radius 1 is 0.562 bits per heavy atom. The van der Waals surface area contributed by atoms with Crippen LogP contribution in [0.5, 0.6) is 0 Å². The number of aromatic nitrogens is 5. The summed E-state index contributed by atoms with van der Waals surface area (Å²) >= 11 is 0. The van der Waals surface area contributed by atoms with Gasteiger partial charge in [-0.2, -0.15) is 10.2 Å². The SMILES string of the molecule is CC(=O)Cc1ccc(C(C)C)cn1.CC(C)CCn1cc(C(C)C)cn1.CC(C)c1ccc(CN2CCOCC2)cc1.CC(C)c1cccc(CN2CCOCC2)c1.Cc1c(C(C)C)cnn1-c1ccccc1. The summed E-state index contributed by atoms with van der Waals surface area (Å²) < 4.78 is 14.8. The third-order valence-corrected chi connectivity index (χ3v) is 13.2. The van der Waals surface area contributed by atoms with Crippen LogP contribution in [-0.4, -0.2) is 92.7 Å². The van der Waals surface area contributed by atoms with Gasteiger partial charge in [0.05, 0.1) is 44.5 Å². The molecule has 10 heteroatoms. The van der Waals surface area contributed by atoms with E-state index in [-0.39, 0.29) is 5.78 Å². The zero-order chi connectivity index (χ0) is 53.3. The van der Waals surface area contributed by atoms with Crippen LogP contribution in [-0.2, 0) is 40.3 Å². The molecular formula is C63H93N7O3. The highest BCUT2D eigenvalue weighted by Gasteiger charge is 2.13. The molecule has 0 unspecified atom stereocenters. The second-order valence-corrected chi connectivity index (χ2v) is 21.7. The summed E-state index contributed by atoms with van der Waals surface area (Å²) in [5, 5.41) is 8.75. The summed E-state index contributed by atoms with van der Waals surface area (Å²) in [5.41, 5.74) is 12.8. The number of Topliss-reactive ketones (excluding diaryl/α,β-unsaturated/α-hetero) is 1. The molecule has 2 fully saturated rings. The van der Waals surface area contributed by atoms with Gasteiger partial charge in [0, 0.05) is 76.0 Å². The van der Waals surface area contributed by atoms with Crippen molar-refractivity contribution in [3.05, 3.63) is 166 Å². The van der Waals surface area contributed by atoms with Gasteiger partial charge in [0.2, 0.25) is 0 Å². The number of ether oxygens (including phenoxy) is 2. The van der Waals surface area contributed by atoms with Crippen LogP contribution in [0.4, 0.5) is 0 Å². The lowest BCUT2D eigenvalue weighted by Gasteiger charge is -2.26. The highest BCUT2D eigenvalue weighted by molar-refractivity contribution is 5.77. The highest BCUT2D eigenvalue weighted by Crippen LogP contribution is 2.22. The summed E-state index contributed by atoms with van der Waals surface area (Å²) in [4.78, 5) is 19.9. The molecular weight excluding hydrogens is 903 g/mol. The monoisotopic (exact) mass is 996 g/mol. The minimum absolute atomic E-state index is 0.157. The summed E-state index contributed by atoms with van der Waals surface area (Å²) in [5.74, 6) is 3.77. The minimum Gasteiger partial charge on any atom is -0.379 e. The van der Waals surface area contributed by atoms with Crippen LogP contribution >= 0.6 is 0 Å². The average Bonchev–Trinajstić information content (AvgIpc) is 4.03. The van der Waals surface area contributed by atoms with Crippen LogP contribution < -0.4 is 0 Å².